The Morgan fingerprint density at radius 2 is 1.81 bits per heavy atom. The van der Waals surface area contributed by atoms with Crippen molar-refractivity contribution in [2.75, 3.05) is 49.1 Å². The number of anilines is 2. The van der Waals surface area contributed by atoms with Crippen LogP contribution in [0.5, 0.6) is 0 Å². The molecule has 2 saturated heterocycles. The van der Waals surface area contributed by atoms with E-state index in [4.69, 9.17) is 4.98 Å². The summed E-state index contributed by atoms with van der Waals surface area (Å²) in [6.07, 6.45) is 3.39. The van der Waals surface area contributed by atoms with Gasteiger partial charge in [-0.05, 0) is 37.6 Å². The highest BCUT2D eigenvalue weighted by molar-refractivity contribution is 7.12. The molecule has 1 amide bonds. The maximum absolute atomic E-state index is 12.6. The van der Waals surface area contributed by atoms with Crippen LogP contribution in [0.4, 0.5) is 11.8 Å². The molecule has 26 heavy (non-hydrogen) atoms. The van der Waals surface area contributed by atoms with E-state index in [-0.39, 0.29) is 5.91 Å². The first-order chi connectivity index (χ1) is 12.7. The van der Waals surface area contributed by atoms with Gasteiger partial charge in [0, 0.05) is 51.0 Å². The lowest BCUT2D eigenvalue weighted by atomic mass is 10.3. The first-order valence-electron chi connectivity index (χ1n) is 9.39. The summed E-state index contributed by atoms with van der Waals surface area (Å²) < 4.78 is 0. The number of rotatable bonds is 3. The molecule has 0 bridgehead atoms. The van der Waals surface area contributed by atoms with Crippen molar-refractivity contribution in [3.63, 3.8) is 0 Å². The fraction of sp³-hybridized carbons (Fsp3) is 0.526. The maximum Gasteiger partial charge on any atom is 0.263 e. The van der Waals surface area contributed by atoms with Gasteiger partial charge in [-0.1, -0.05) is 6.07 Å². The topological polar surface area (TPSA) is 52.6 Å². The Morgan fingerprint density at radius 1 is 1.00 bits per heavy atom. The minimum atomic E-state index is 0.151. The summed E-state index contributed by atoms with van der Waals surface area (Å²) in [4.78, 5) is 29.5. The summed E-state index contributed by atoms with van der Waals surface area (Å²) in [6, 6.07) is 5.91. The second-order valence-electron chi connectivity index (χ2n) is 6.97. The highest BCUT2D eigenvalue weighted by Gasteiger charge is 2.23. The molecule has 6 nitrogen and oxygen atoms in total. The van der Waals surface area contributed by atoms with Gasteiger partial charge in [-0.2, -0.15) is 4.98 Å². The Kier molecular flexibility index (Phi) is 5.06. The third-order valence-electron chi connectivity index (χ3n) is 5.06. The molecule has 0 aromatic carbocycles. The molecular weight excluding hydrogens is 346 g/mol. The summed E-state index contributed by atoms with van der Waals surface area (Å²) in [6.45, 7) is 7.40. The Balaban J connectivity index is 1.48. The molecule has 0 N–H and O–H groups in total. The molecular formula is C19H25N5OS. The zero-order chi connectivity index (χ0) is 17.9. The third kappa shape index (κ3) is 3.67. The predicted molar refractivity (Wildman–Crippen MR) is 105 cm³/mol. The van der Waals surface area contributed by atoms with E-state index in [9.17, 15) is 4.79 Å². The van der Waals surface area contributed by atoms with Crippen LogP contribution in [0.3, 0.4) is 0 Å². The van der Waals surface area contributed by atoms with Gasteiger partial charge < -0.3 is 14.7 Å². The van der Waals surface area contributed by atoms with Crippen molar-refractivity contribution in [3.8, 4) is 0 Å². The summed E-state index contributed by atoms with van der Waals surface area (Å²) in [5.41, 5.74) is 1.01. The van der Waals surface area contributed by atoms with Crippen molar-refractivity contribution in [3.05, 3.63) is 34.2 Å². The van der Waals surface area contributed by atoms with Crippen LogP contribution in [0.25, 0.3) is 0 Å². The van der Waals surface area contributed by atoms with Crippen molar-refractivity contribution in [2.24, 2.45) is 0 Å². The molecule has 0 saturated carbocycles. The second kappa shape index (κ2) is 7.61. The average Bonchev–Trinajstić information content (AvgIpc) is 3.31. The third-order valence-corrected chi connectivity index (χ3v) is 5.91. The van der Waals surface area contributed by atoms with Gasteiger partial charge in [-0.15, -0.1) is 11.3 Å². The van der Waals surface area contributed by atoms with E-state index in [0.717, 1.165) is 68.0 Å². The van der Waals surface area contributed by atoms with Crippen molar-refractivity contribution in [2.45, 2.75) is 26.2 Å². The summed E-state index contributed by atoms with van der Waals surface area (Å²) >= 11 is 1.52. The van der Waals surface area contributed by atoms with Crippen LogP contribution in [0.2, 0.25) is 0 Å². The summed E-state index contributed by atoms with van der Waals surface area (Å²) in [7, 11) is 0. The minimum Gasteiger partial charge on any atom is -0.355 e. The van der Waals surface area contributed by atoms with Gasteiger partial charge in [0.15, 0.2) is 0 Å². The standard InChI is InChI=1S/C19H25N5OS/c1-15-14-17(21-19(20-15)24-7-2-3-8-24)22-9-5-10-23(12-11-22)18(25)16-6-4-13-26-16/h4,6,13-14H,2-3,5,7-12H2,1H3. The van der Waals surface area contributed by atoms with Crippen LogP contribution in [0.1, 0.15) is 34.6 Å². The van der Waals surface area contributed by atoms with Crippen molar-refractivity contribution >= 4 is 29.0 Å². The second-order valence-corrected chi connectivity index (χ2v) is 7.92. The molecule has 138 valence electrons. The van der Waals surface area contributed by atoms with E-state index in [1.165, 1.54) is 24.2 Å². The molecule has 2 aliphatic rings. The number of aromatic nitrogens is 2. The maximum atomic E-state index is 12.6. The molecule has 2 aromatic heterocycles. The fourth-order valence-electron chi connectivity index (χ4n) is 3.66. The number of thiophene rings is 1. The van der Waals surface area contributed by atoms with E-state index < -0.39 is 0 Å². The van der Waals surface area contributed by atoms with Crippen molar-refractivity contribution in [1.29, 1.82) is 0 Å². The normalized spacial score (nSPS) is 18.3. The van der Waals surface area contributed by atoms with Gasteiger partial charge in [0.2, 0.25) is 5.95 Å². The van der Waals surface area contributed by atoms with Crippen LogP contribution in [0, 0.1) is 6.92 Å². The van der Waals surface area contributed by atoms with E-state index in [0.29, 0.717) is 0 Å². The Labute approximate surface area is 158 Å². The zero-order valence-corrected chi connectivity index (χ0v) is 16.0. The van der Waals surface area contributed by atoms with Crippen LogP contribution in [-0.4, -0.2) is 60.0 Å². The number of aryl methyl sites for hydroxylation is 1. The van der Waals surface area contributed by atoms with E-state index >= 15 is 0 Å². The van der Waals surface area contributed by atoms with E-state index in [2.05, 4.69) is 20.9 Å². The van der Waals surface area contributed by atoms with Gasteiger partial charge in [-0.25, -0.2) is 4.98 Å². The van der Waals surface area contributed by atoms with Crippen LogP contribution >= 0.6 is 11.3 Å². The molecule has 0 radical (unpaired) electrons. The van der Waals surface area contributed by atoms with Gasteiger partial charge >= 0.3 is 0 Å². The average molecular weight is 372 g/mol. The minimum absolute atomic E-state index is 0.151. The quantitative estimate of drug-likeness (QED) is 0.830. The molecule has 2 aromatic rings. The van der Waals surface area contributed by atoms with Gasteiger partial charge in [0.05, 0.1) is 4.88 Å². The van der Waals surface area contributed by atoms with Crippen LogP contribution in [0.15, 0.2) is 23.6 Å². The Bertz CT molecular complexity index is 757. The molecule has 0 spiro atoms. The molecule has 0 unspecified atom stereocenters. The highest BCUT2D eigenvalue weighted by Crippen LogP contribution is 2.22. The van der Waals surface area contributed by atoms with E-state index in [1.807, 2.05) is 29.3 Å². The lowest BCUT2D eigenvalue weighted by Gasteiger charge is -2.24. The van der Waals surface area contributed by atoms with Crippen LogP contribution < -0.4 is 9.80 Å². The predicted octanol–water partition coefficient (Wildman–Crippen LogP) is 2.80. The lowest BCUT2D eigenvalue weighted by Crippen LogP contribution is -2.35. The molecule has 0 aliphatic carbocycles. The molecule has 0 atom stereocenters. The SMILES string of the molecule is Cc1cc(N2CCCN(C(=O)c3cccs3)CC2)nc(N2CCCC2)n1. The van der Waals surface area contributed by atoms with Crippen LogP contribution in [-0.2, 0) is 0 Å². The summed E-state index contributed by atoms with van der Waals surface area (Å²) in [5, 5.41) is 1.96. The number of hydrogen-bond donors (Lipinski definition) is 0. The first kappa shape index (κ1) is 17.3. The molecule has 4 heterocycles. The van der Waals surface area contributed by atoms with Crippen molar-refractivity contribution < 1.29 is 4.79 Å². The number of hydrogen-bond acceptors (Lipinski definition) is 6. The Morgan fingerprint density at radius 3 is 2.58 bits per heavy atom. The van der Waals surface area contributed by atoms with Gasteiger partial charge in [0.25, 0.3) is 5.91 Å². The zero-order valence-electron chi connectivity index (χ0n) is 15.2. The largest absolute Gasteiger partial charge is 0.355 e. The number of carbonyl (C=O) groups is 1. The smallest absolute Gasteiger partial charge is 0.263 e. The Hall–Kier alpha value is -2.15. The molecule has 7 heteroatoms. The molecule has 4 rings (SSSR count). The highest BCUT2D eigenvalue weighted by atomic mass is 32.1. The first-order valence-corrected chi connectivity index (χ1v) is 10.3. The lowest BCUT2D eigenvalue weighted by molar-refractivity contribution is 0.0772. The fourth-order valence-corrected chi connectivity index (χ4v) is 4.35. The monoisotopic (exact) mass is 371 g/mol. The number of carbonyl (C=O) groups excluding carboxylic acids is 1. The number of amides is 1. The van der Waals surface area contributed by atoms with Gasteiger partial charge in [-0.3, -0.25) is 4.79 Å². The molecule has 2 aliphatic heterocycles. The van der Waals surface area contributed by atoms with Gasteiger partial charge in [0.1, 0.15) is 5.82 Å². The van der Waals surface area contributed by atoms with E-state index in [1.54, 1.807) is 0 Å². The molecule has 2 fully saturated rings. The summed E-state index contributed by atoms with van der Waals surface area (Å²) in [5.74, 6) is 2.00. The number of nitrogens with zero attached hydrogens (tertiary/aromatic N) is 5. The van der Waals surface area contributed by atoms with Crippen molar-refractivity contribution in [1.82, 2.24) is 14.9 Å².